The lowest BCUT2D eigenvalue weighted by atomic mass is 9.67. The highest BCUT2D eigenvalue weighted by Crippen LogP contribution is 2.54. The van der Waals surface area contributed by atoms with Gasteiger partial charge in [-0.25, -0.2) is 0 Å². The van der Waals surface area contributed by atoms with E-state index >= 15 is 0 Å². The lowest BCUT2D eigenvalue weighted by molar-refractivity contribution is 0.645. The van der Waals surface area contributed by atoms with Crippen molar-refractivity contribution < 1.29 is 0 Å². The molecule has 2 heteroatoms. The summed E-state index contributed by atoms with van der Waals surface area (Å²) in [5.41, 5.74) is 13.6. The van der Waals surface area contributed by atoms with E-state index in [1.54, 1.807) is 0 Å². The van der Waals surface area contributed by atoms with Crippen molar-refractivity contribution in [1.29, 1.82) is 0 Å². The normalized spacial score (nSPS) is 13.1. The summed E-state index contributed by atoms with van der Waals surface area (Å²) in [6.45, 7) is 4.79. The Morgan fingerprint density at radius 1 is 0.418 bits per heavy atom. The van der Waals surface area contributed by atoms with E-state index < -0.39 is 0 Å². The van der Waals surface area contributed by atoms with E-state index in [1.165, 1.54) is 86.2 Å². The van der Waals surface area contributed by atoms with Crippen LogP contribution >= 0.6 is 11.3 Å². The Hall–Kier alpha value is -6.48. The first-order valence-corrected chi connectivity index (χ1v) is 19.9. The fraction of sp³-hybridized carbons (Fsp3) is 0.0566. The van der Waals surface area contributed by atoms with Crippen LogP contribution in [0.2, 0.25) is 0 Å². The maximum absolute atomic E-state index is 2.47. The van der Waals surface area contributed by atoms with Crippen molar-refractivity contribution in [2.75, 3.05) is 4.90 Å². The number of nitrogens with zero attached hydrogens (tertiary/aromatic N) is 1. The number of hydrogen-bond acceptors (Lipinski definition) is 2. The summed E-state index contributed by atoms with van der Waals surface area (Å²) >= 11 is 1.91. The lowest BCUT2D eigenvalue weighted by Gasteiger charge is -2.37. The molecule has 0 N–H and O–H groups in total. The van der Waals surface area contributed by atoms with Gasteiger partial charge in [0.15, 0.2) is 0 Å². The van der Waals surface area contributed by atoms with Crippen LogP contribution in [0.1, 0.15) is 25.0 Å². The van der Waals surface area contributed by atoms with Crippen LogP contribution in [0.25, 0.3) is 75.1 Å². The topological polar surface area (TPSA) is 3.24 Å². The molecule has 1 aliphatic carbocycles. The zero-order valence-corrected chi connectivity index (χ0v) is 31.6. The Balaban J connectivity index is 1.17. The molecule has 1 nitrogen and oxygen atoms in total. The number of anilines is 3. The van der Waals surface area contributed by atoms with Crippen LogP contribution in [0.3, 0.4) is 0 Å². The molecule has 1 aliphatic rings. The van der Waals surface area contributed by atoms with Gasteiger partial charge >= 0.3 is 0 Å². The lowest BCUT2D eigenvalue weighted by Crippen LogP contribution is -2.24. The Morgan fingerprint density at radius 3 is 1.95 bits per heavy atom. The van der Waals surface area contributed by atoms with Crippen LogP contribution < -0.4 is 4.90 Å². The predicted molar refractivity (Wildman–Crippen MR) is 237 cm³/mol. The smallest absolute Gasteiger partial charge is 0.0468 e. The number of thiophene rings is 1. The number of rotatable bonds is 5. The molecular weight excluding hydrogens is 683 g/mol. The first-order chi connectivity index (χ1) is 27.0. The summed E-state index contributed by atoms with van der Waals surface area (Å²) in [6.07, 6.45) is 0. The van der Waals surface area contributed by atoms with E-state index in [-0.39, 0.29) is 5.41 Å². The predicted octanol–water partition coefficient (Wildman–Crippen LogP) is 15.5. The second-order valence-electron chi connectivity index (χ2n) is 15.3. The fourth-order valence-corrected chi connectivity index (χ4v) is 10.4. The van der Waals surface area contributed by atoms with Gasteiger partial charge in [0.25, 0.3) is 0 Å². The van der Waals surface area contributed by atoms with E-state index in [0.717, 1.165) is 17.1 Å². The molecule has 1 heterocycles. The minimum Gasteiger partial charge on any atom is -0.310 e. The Kier molecular flexibility index (Phi) is 7.14. The average molecular weight is 720 g/mol. The summed E-state index contributed by atoms with van der Waals surface area (Å²) < 4.78 is 2.67. The molecule has 260 valence electrons. The number of hydrogen-bond donors (Lipinski definition) is 0. The zero-order chi connectivity index (χ0) is 36.7. The van der Waals surface area contributed by atoms with Crippen LogP contribution in [0, 0.1) is 0 Å². The van der Waals surface area contributed by atoms with Crippen LogP contribution in [-0.4, -0.2) is 0 Å². The van der Waals surface area contributed by atoms with Crippen molar-refractivity contribution in [2.24, 2.45) is 0 Å². The minimum atomic E-state index is -0.187. The summed E-state index contributed by atoms with van der Waals surface area (Å²) in [6, 6.07) is 69.6. The van der Waals surface area contributed by atoms with Crippen molar-refractivity contribution in [3.8, 4) is 33.4 Å². The molecule has 55 heavy (non-hydrogen) atoms. The SMILES string of the molecule is CC1(C)c2ccc(N(c3ccc(-c4ccccc4)cc3)c3ccc4ccccc4c3)cc2-c2c(-c3cccc4c3sc3ccccc34)ccc3cccc1c23. The van der Waals surface area contributed by atoms with Gasteiger partial charge in [-0.1, -0.05) is 159 Å². The largest absolute Gasteiger partial charge is 0.310 e. The van der Waals surface area contributed by atoms with E-state index in [9.17, 15) is 0 Å². The van der Waals surface area contributed by atoms with Crippen LogP contribution in [0.5, 0.6) is 0 Å². The van der Waals surface area contributed by atoms with E-state index in [2.05, 4.69) is 207 Å². The highest BCUT2D eigenvalue weighted by Gasteiger charge is 2.35. The molecule has 9 aromatic carbocycles. The Bertz CT molecular complexity index is 3110. The molecule has 0 saturated heterocycles. The standard InChI is InChI=1S/C53H37NS/c1-53(2)47-31-29-41(54(40-28-24-35-14-6-7-15-38(35)32-40)39-26-22-36(23-27-39)34-12-4-3-5-13-34)33-46(47)51-43(30-25-37-16-10-20-48(53)50(37)51)45-19-11-18-44-42-17-8-9-21-49(42)55-52(44)45/h3-33H,1-2H3. The quantitative estimate of drug-likeness (QED) is 0.171. The van der Waals surface area contributed by atoms with Gasteiger partial charge in [0.1, 0.15) is 0 Å². The van der Waals surface area contributed by atoms with Gasteiger partial charge in [-0.15, -0.1) is 11.3 Å². The van der Waals surface area contributed by atoms with Crippen LogP contribution in [-0.2, 0) is 5.41 Å². The molecule has 0 fully saturated rings. The third-order valence-corrected chi connectivity index (χ3v) is 13.1. The van der Waals surface area contributed by atoms with Crippen molar-refractivity contribution >= 4 is 70.1 Å². The maximum Gasteiger partial charge on any atom is 0.0468 e. The molecule has 0 amide bonds. The summed E-state index contributed by atoms with van der Waals surface area (Å²) in [5, 5.41) is 7.76. The van der Waals surface area contributed by atoms with Crippen LogP contribution in [0.4, 0.5) is 17.1 Å². The van der Waals surface area contributed by atoms with Crippen molar-refractivity contribution in [2.45, 2.75) is 19.3 Å². The molecule has 0 aliphatic heterocycles. The van der Waals surface area contributed by atoms with Gasteiger partial charge in [-0.3, -0.25) is 0 Å². The maximum atomic E-state index is 2.47. The Morgan fingerprint density at radius 2 is 1.07 bits per heavy atom. The van der Waals surface area contributed by atoms with Crippen molar-refractivity contribution in [3.63, 3.8) is 0 Å². The molecule has 0 saturated carbocycles. The average Bonchev–Trinajstić information content (AvgIpc) is 3.62. The van der Waals surface area contributed by atoms with Gasteiger partial charge in [0, 0.05) is 48.2 Å². The van der Waals surface area contributed by atoms with E-state index in [4.69, 9.17) is 0 Å². The third-order valence-electron chi connectivity index (χ3n) is 11.8. The number of benzene rings is 9. The molecule has 0 atom stereocenters. The molecule has 10 aromatic rings. The Labute approximate surface area is 325 Å². The second kappa shape index (κ2) is 12.3. The van der Waals surface area contributed by atoms with Gasteiger partial charge in [0.2, 0.25) is 0 Å². The van der Waals surface area contributed by atoms with Gasteiger partial charge < -0.3 is 4.90 Å². The highest BCUT2D eigenvalue weighted by atomic mass is 32.1. The monoisotopic (exact) mass is 719 g/mol. The van der Waals surface area contributed by atoms with E-state index in [0.29, 0.717) is 0 Å². The zero-order valence-electron chi connectivity index (χ0n) is 30.8. The molecular formula is C53H37NS. The first kappa shape index (κ1) is 32.0. The van der Waals surface area contributed by atoms with Gasteiger partial charge in [-0.2, -0.15) is 0 Å². The highest BCUT2D eigenvalue weighted by molar-refractivity contribution is 7.26. The minimum absolute atomic E-state index is 0.187. The van der Waals surface area contributed by atoms with E-state index in [1.807, 2.05) is 11.3 Å². The van der Waals surface area contributed by atoms with Crippen molar-refractivity contribution in [3.05, 3.63) is 199 Å². The molecule has 0 bridgehead atoms. The van der Waals surface area contributed by atoms with Gasteiger partial charge in [-0.05, 0) is 103 Å². The first-order valence-electron chi connectivity index (χ1n) is 19.1. The van der Waals surface area contributed by atoms with Crippen molar-refractivity contribution in [1.82, 2.24) is 0 Å². The second-order valence-corrected chi connectivity index (χ2v) is 16.4. The summed E-state index contributed by atoms with van der Waals surface area (Å²) in [4.78, 5) is 2.43. The summed E-state index contributed by atoms with van der Waals surface area (Å²) in [5.74, 6) is 0. The third kappa shape index (κ3) is 4.99. The number of fused-ring (bicyclic) bond motifs is 6. The molecule has 0 spiro atoms. The fourth-order valence-electron chi connectivity index (χ4n) is 9.13. The molecule has 0 unspecified atom stereocenters. The molecule has 11 rings (SSSR count). The molecule has 0 radical (unpaired) electrons. The summed E-state index contributed by atoms with van der Waals surface area (Å²) in [7, 11) is 0. The van der Waals surface area contributed by atoms with Gasteiger partial charge in [0.05, 0.1) is 0 Å². The molecule has 1 aromatic heterocycles. The van der Waals surface area contributed by atoms with Crippen LogP contribution in [0.15, 0.2) is 188 Å².